The molecule has 10 heteroatoms. The van der Waals surface area contributed by atoms with Crippen molar-refractivity contribution in [1.82, 2.24) is 15.5 Å². The second kappa shape index (κ2) is 12.6. The molecule has 31 heavy (non-hydrogen) atoms. The number of amides is 2. The minimum atomic E-state index is -0.858. The summed E-state index contributed by atoms with van der Waals surface area (Å²) in [6, 6.07) is 8.76. The predicted molar refractivity (Wildman–Crippen MR) is 116 cm³/mol. The summed E-state index contributed by atoms with van der Waals surface area (Å²) in [4.78, 5) is 49.5. The molecule has 1 saturated heterocycles. The number of hydrogen-bond acceptors (Lipinski definition) is 7. The van der Waals surface area contributed by atoms with Gasteiger partial charge in [0.05, 0.1) is 26.1 Å². The van der Waals surface area contributed by atoms with E-state index in [2.05, 4.69) is 10.6 Å². The molecule has 1 fully saturated rings. The van der Waals surface area contributed by atoms with Crippen molar-refractivity contribution in [1.29, 1.82) is 0 Å². The number of carbonyl (C=O) groups excluding carboxylic acids is 4. The molecule has 0 unspecified atom stereocenters. The maximum Gasteiger partial charge on any atom is 0.308 e. The first-order chi connectivity index (χ1) is 14.9. The summed E-state index contributed by atoms with van der Waals surface area (Å²) >= 11 is 5.25. The Kier molecular flexibility index (Phi) is 9.89. The summed E-state index contributed by atoms with van der Waals surface area (Å²) < 4.78 is 10.0. The van der Waals surface area contributed by atoms with E-state index in [1.165, 1.54) is 4.90 Å². The Morgan fingerprint density at radius 2 is 1.90 bits per heavy atom. The smallest absolute Gasteiger partial charge is 0.308 e. The number of rotatable bonds is 9. The Balaban J connectivity index is 1.75. The van der Waals surface area contributed by atoms with Crippen LogP contribution < -0.4 is 10.6 Å². The summed E-state index contributed by atoms with van der Waals surface area (Å²) in [5, 5.41) is 5.22. The first kappa shape index (κ1) is 24.3. The summed E-state index contributed by atoms with van der Waals surface area (Å²) in [5.41, 5.74) is 1.06. The van der Waals surface area contributed by atoms with Crippen LogP contribution in [0.15, 0.2) is 30.3 Å². The van der Waals surface area contributed by atoms with Crippen LogP contribution in [0.25, 0.3) is 0 Å². The molecule has 1 atom stereocenters. The number of carbonyl (C=O) groups is 4. The SMILES string of the molecule is CCOC(=O)C[C@@H]1C(=O)NCCN1C(=S)NC(=O)CCC(=O)OCCc1ccccc1. The Bertz CT molecular complexity index is 802. The number of piperazine rings is 1. The molecule has 2 amide bonds. The van der Waals surface area contributed by atoms with E-state index < -0.39 is 23.9 Å². The average molecular weight is 450 g/mol. The van der Waals surface area contributed by atoms with Gasteiger partial charge >= 0.3 is 11.9 Å². The molecule has 168 valence electrons. The van der Waals surface area contributed by atoms with Gasteiger partial charge in [0.25, 0.3) is 0 Å². The number of nitrogens with one attached hydrogen (secondary N) is 2. The Morgan fingerprint density at radius 3 is 2.61 bits per heavy atom. The molecule has 1 aliphatic heterocycles. The van der Waals surface area contributed by atoms with Crippen molar-refractivity contribution in [2.75, 3.05) is 26.3 Å². The van der Waals surface area contributed by atoms with Gasteiger partial charge in [-0.3, -0.25) is 19.2 Å². The molecule has 2 rings (SSSR count). The molecule has 0 radical (unpaired) electrons. The fourth-order valence-electron chi connectivity index (χ4n) is 3.01. The van der Waals surface area contributed by atoms with Crippen LogP contribution in [0.2, 0.25) is 0 Å². The van der Waals surface area contributed by atoms with Gasteiger partial charge in [-0.15, -0.1) is 0 Å². The number of esters is 2. The minimum Gasteiger partial charge on any atom is -0.466 e. The number of thiocarbonyl (C=S) groups is 1. The van der Waals surface area contributed by atoms with Crippen LogP contribution >= 0.6 is 12.2 Å². The highest BCUT2D eigenvalue weighted by Gasteiger charge is 2.34. The van der Waals surface area contributed by atoms with Gasteiger partial charge in [0.15, 0.2) is 5.11 Å². The zero-order chi connectivity index (χ0) is 22.6. The lowest BCUT2D eigenvalue weighted by Gasteiger charge is -2.36. The van der Waals surface area contributed by atoms with Crippen LogP contribution in [0.1, 0.15) is 31.7 Å². The van der Waals surface area contributed by atoms with Gasteiger partial charge < -0.3 is 25.0 Å². The van der Waals surface area contributed by atoms with Crippen LogP contribution in [-0.2, 0) is 35.1 Å². The minimum absolute atomic E-state index is 0.0339. The Morgan fingerprint density at radius 1 is 1.16 bits per heavy atom. The van der Waals surface area contributed by atoms with Crippen LogP contribution in [0.5, 0.6) is 0 Å². The van der Waals surface area contributed by atoms with Crippen molar-refractivity contribution in [2.45, 2.75) is 38.6 Å². The summed E-state index contributed by atoms with van der Waals surface area (Å²) in [5.74, 6) is -1.83. The van der Waals surface area contributed by atoms with Gasteiger partial charge in [0.1, 0.15) is 6.04 Å². The second-order valence-corrected chi connectivity index (χ2v) is 7.21. The van der Waals surface area contributed by atoms with Gasteiger partial charge in [0, 0.05) is 25.9 Å². The summed E-state index contributed by atoms with van der Waals surface area (Å²) in [7, 11) is 0. The van der Waals surface area contributed by atoms with Gasteiger partial charge in [-0.2, -0.15) is 0 Å². The lowest BCUT2D eigenvalue weighted by molar-refractivity contribution is -0.147. The topological polar surface area (TPSA) is 114 Å². The molecule has 1 aliphatic rings. The molecule has 9 nitrogen and oxygen atoms in total. The zero-order valence-electron chi connectivity index (χ0n) is 17.4. The highest BCUT2D eigenvalue weighted by atomic mass is 32.1. The molecule has 1 heterocycles. The molecule has 0 aromatic heterocycles. The number of hydrogen-bond donors (Lipinski definition) is 2. The number of benzene rings is 1. The van der Waals surface area contributed by atoms with E-state index in [-0.39, 0.29) is 43.5 Å². The molecular weight excluding hydrogens is 422 g/mol. The first-order valence-electron chi connectivity index (χ1n) is 10.1. The normalized spacial score (nSPS) is 15.6. The van der Waals surface area contributed by atoms with Crippen molar-refractivity contribution in [3.63, 3.8) is 0 Å². The molecule has 0 spiro atoms. The van der Waals surface area contributed by atoms with Crippen LogP contribution in [0.4, 0.5) is 0 Å². The number of nitrogens with zero attached hydrogens (tertiary/aromatic N) is 1. The number of ether oxygens (including phenoxy) is 2. The van der Waals surface area contributed by atoms with E-state index in [1.54, 1.807) is 6.92 Å². The fourth-order valence-corrected chi connectivity index (χ4v) is 3.34. The molecule has 1 aromatic carbocycles. The largest absolute Gasteiger partial charge is 0.466 e. The van der Waals surface area contributed by atoms with Crippen molar-refractivity contribution < 1.29 is 28.7 Å². The average Bonchev–Trinajstić information content (AvgIpc) is 2.74. The highest BCUT2D eigenvalue weighted by molar-refractivity contribution is 7.80. The van der Waals surface area contributed by atoms with E-state index in [0.717, 1.165) is 5.56 Å². The van der Waals surface area contributed by atoms with Crippen LogP contribution in [-0.4, -0.2) is 66.1 Å². The second-order valence-electron chi connectivity index (χ2n) is 6.82. The summed E-state index contributed by atoms with van der Waals surface area (Å²) in [6.07, 6.45) is 0.230. The van der Waals surface area contributed by atoms with Gasteiger partial charge in [0.2, 0.25) is 11.8 Å². The van der Waals surface area contributed by atoms with Gasteiger partial charge in [-0.25, -0.2) is 0 Å². The van der Waals surface area contributed by atoms with E-state index in [1.807, 2.05) is 30.3 Å². The Hall–Kier alpha value is -3.01. The van der Waals surface area contributed by atoms with E-state index >= 15 is 0 Å². The third kappa shape index (κ3) is 8.33. The monoisotopic (exact) mass is 449 g/mol. The maximum absolute atomic E-state index is 12.2. The quantitative estimate of drug-likeness (QED) is 0.419. The lowest BCUT2D eigenvalue weighted by Crippen LogP contribution is -2.60. The third-order valence-corrected chi connectivity index (χ3v) is 4.89. The first-order valence-corrected chi connectivity index (χ1v) is 10.5. The lowest BCUT2D eigenvalue weighted by atomic mass is 10.1. The Labute approximate surface area is 186 Å². The van der Waals surface area contributed by atoms with Crippen molar-refractivity contribution in [3.8, 4) is 0 Å². The van der Waals surface area contributed by atoms with Crippen molar-refractivity contribution >= 4 is 41.1 Å². The van der Waals surface area contributed by atoms with Crippen molar-refractivity contribution in [3.05, 3.63) is 35.9 Å². The molecule has 1 aromatic rings. The third-order valence-electron chi connectivity index (χ3n) is 4.56. The van der Waals surface area contributed by atoms with E-state index in [9.17, 15) is 19.2 Å². The van der Waals surface area contributed by atoms with E-state index in [4.69, 9.17) is 21.7 Å². The van der Waals surface area contributed by atoms with E-state index in [0.29, 0.717) is 19.5 Å². The predicted octanol–water partition coefficient (Wildman–Crippen LogP) is 0.707. The highest BCUT2D eigenvalue weighted by Crippen LogP contribution is 2.11. The molecular formula is C21H27N3O6S. The summed E-state index contributed by atoms with van der Waals surface area (Å²) in [6.45, 7) is 2.80. The molecule has 0 saturated carbocycles. The molecule has 0 aliphatic carbocycles. The zero-order valence-corrected chi connectivity index (χ0v) is 18.2. The fraction of sp³-hybridized carbons (Fsp3) is 0.476. The van der Waals surface area contributed by atoms with Gasteiger partial charge in [-0.1, -0.05) is 30.3 Å². The maximum atomic E-state index is 12.2. The standard InChI is InChI=1S/C21H27N3O6S/c1-2-29-19(27)14-16-20(28)22-11-12-24(16)21(31)23-17(25)8-9-18(26)30-13-10-15-6-4-3-5-7-15/h3-7,16H,2,8-14H2,1H3,(H,22,28)(H,23,25,31)/t16-/m1/s1. The molecule has 0 bridgehead atoms. The van der Waals surface area contributed by atoms with Crippen LogP contribution in [0, 0.1) is 0 Å². The van der Waals surface area contributed by atoms with Crippen molar-refractivity contribution in [2.24, 2.45) is 0 Å². The van der Waals surface area contributed by atoms with Gasteiger partial charge in [-0.05, 0) is 24.7 Å². The van der Waals surface area contributed by atoms with Crippen LogP contribution in [0.3, 0.4) is 0 Å². The molecule has 2 N–H and O–H groups in total.